The number of alkyl halides is 1. The molecule has 0 amide bonds. The van der Waals surface area contributed by atoms with Crippen molar-refractivity contribution in [1.82, 2.24) is 25.0 Å². The van der Waals surface area contributed by atoms with Crippen LogP contribution >= 0.6 is 11.6 Å². The second kappa shape index (κ2) is 5.00. The van der Waals surface area contributed by atoms with Crippen LogP contribution in [0.4, 0.5) is 5.82 Å². The summed E-state index contributed by atoms with van der Waals surface area (Å²) < 4.78 is 7.73. The molecule has 25 heavy (non-hydrogen) atoms. The summed E-state index contributed by atoms with van der Waals surface area (Å²) in [6.45, 7) is 0. The van der Waals surface area contributed by atoms with E-state index in [9.17, 15) is 0 Å². The third-order valence-corrected chi connectivity index (χ3v) is 6.47. The molecule has 130 valence electrons. The van der Waals surface area contributed by atoms with Gasteiger partial charge in [0.1, 0.15) is 12.0 Å². The van der Waals surface area contributed by atoms with Gasteiger partial charge in [-0.3, -0.25) is 0 Å². The van der Waals surface area contributed by atoms with Gasteiger partial charge in [-0.15, -0.1) is 11.6 Å². The van der Waals surface area contributed by atoms with Crippen molar-refractivity contribution in [2.24, 2.45) is 5.92 Å². The smallest absolute Gasteiger partial charge is 0.230 e. The molecule has 2 aliphatic carbocycles. The number of nitrogens with zero attached hydrogens (tertiary/aromatic N) is 5. The number of nitrogens with one attached hydrogen (secondary N) is 1. The van der Waals surface area contributed by atoms with E-state index in [2.05, 4.69) is 36.1 Å². The molecular weight excluding hydrogens is 340 g/mol. The van der Waals surface area contributed by atoms with E-state index in [1.807, 2.05) is 12.5 Å². The van der Waals surface area contributed by atoms with Gasteiger partial charge < -0.3 is 19.3 Å². The number of hydrogen-bond acceptors (Lipinski definition) is 6. The molecule has 7 nitrogen and oxygen atoms in total. The van der Waals surface area contributed by atoms with Crippen LogP contribution in [0.1, 0.15) is 50.0 Å². The van der Waals surface area contributed by atoms with Crippen LogP contribution in [0, 0.1) is 5.92 Å². The van der Waals surface area contributed by atoms with Gasteiger partial charge in [0.2, 0.25) is 11.7 Å². The number of fused-ring (bicyclic) bond motifs is 6. The van der Waals surface area contributed by atoms with E-state index in [0.717, 1.165) is 49.5 Å². The number of rotatable bonds is 2. The molecule has 4 heterocycles. The first-order valence-electron chi connectivity index (χ1n) is 9.07. The monoisotopic (exact) mass is 358 g/mol. The molecule has 2 aromatic rings. The van der Waals surface area contributed by atoms with Gasteiger partial charge in [0.25, 0.3) is 0 Å². The Morgan fingerprint density at radius 2 is 2.16 bits per heavy atom. The van der Waals surface area contributed by atoms with E-state index in [-0.39, 0.29) is 11.5 Å². The van der Waals surface area contributed by atoms with E-state index in [0.29, 0.717) is 23.7 Å². The quantitative estimate of drug-likeness (QED) is 0.832. The summed E-state index contributed by atoms with van der Waals surface area (Å²) in [7, 11) is 0. The van der Waals surface area contributed by atoms with E-state index in [1.165, 1.54) is 0 Å². The molecule has 8 heteroatoms. The van der Waals surface area contributed by atoms with Gasteiger partial charge in [0.05, 0.1) is 6.33 Å². The first-order chi connectivity index (χ1) is 12.3. The van der Waals surface area contributed by atoms with Gasteiger partial charge in [-0.1, -0.05) is 5.16 Å². The Morgan fingerprint density at radius 1 is 1.24 bits per heavy atom. The Morgan fingerprint density at radius 3 is 3.04 bits per heavy atom. The second-order valence-electron chi connectivity index (χ2n) is 7.48. The highest BCUT2D eigenvalue weighted by atomic mass is 35.5. The molecule has 0 spiro atoms. The minimum atomic E-state index is 0.171. The Bertz CT molecular complexity index is 855. The van der Waals surface area contributed by atoms with Gasteiger partial charge in [0, 0.05) is 35.7 Å². The van der Waals surface area contributed by atoms with Crippen LogP contribution in [-0.4, -0.2) is 31.2 Å². The number of imidazole rings is 1. The maximum atomic E-state index is 6.72. The summed E-state index contributed by atoms with van der Waals surface area (Å²) in [6.07, 6.45) is 11.8. The zero-order chi connectivity index (χ0) is 16.5. The normalized spacial score (nSPS) is 32.9. The van der Waals surface area contributed by atoms with Gasteiger partial charge >= 0.3 is 0 Å². The van der Waals surface area contributed by atoms with E-state index in [1.54, 1.807) is 0 Å². The van der Waals surface area contributed by atoms with Crippen LogP contribution in [0.15, 0.2) is 23.3 Å². The van der Waals surface area contributed by atoms with Crippen molar-refractivity contribution < 1.29 is 4.52 Å². The van der Waals surface area contributed by atoms with Crippen LogP contribution in [0.2, 0.25) is 0 Å². The molecule has 6 rings (SSSR count). The number of halogens is 1. The van der Waals surface area contributed by atoms with Crippen molar-refractivity contribution in [2.45, 2.75) is 55.6 Å². The second-order valence-corrected chi connectivity index (χ2v) is 8.04. The molecule has 0 bridgehead atoms. The van der Waals surface area contributed by atoms with Crippen LogP contribution in [-0.2, 0) is 0 Å². The van der Waals surface area contributed by atoms with Gasteiger partial charge in [-0.05, 0) is 32.1 Å². The summed E-state index contributed by atoms with van der Waals surface area (Å²) in [5, 5.41) is 7.86. The Kier molecular flexibility index (Phi) is 2.84. The molecule has 2 saturated carbocycles. The molecule has 0 aromatic carbocycles. The molecule has 4 aliphatic rings. The lowest BCUT2D eigenvalue weighted by molar-refractivity contribution is 0.183. The van der Waals surface area contributed by atoms with Crippen molar-refractivity contribution in [2.75, 3.05) is 4.90 Å². The number of aromatic nitrogens is 4. The summed E-state index contributed by atoms with van der Waals surface area (Å²) in [5.41, 5.74) is 0.796. The fourth-order valence-corrected chi connectivity index (χ4v) is 5.07. The average Bonchev–Trinajstić information content (AvgIpc) is 3.03. The average molecular weight is 359 g/mol. The maximum absolute atomic E-state index is 6.72. The van der Waals surface area contributed by atoms with E-state index >= 15 is 0 Å². The van der Waals surface area contributed by atoms with Crippen molar-refractivity contribution in [3.8, 4) is 11.5 Å². The molecule has 1 N–H and O–H groups in total. The predicted octanol–water partition coefficient (Wildman–Crippen LogP) is 2.98. The third-order valence-electron chi connectivity index (χ3n) is 5.96. The Hall–Kier alpha value is -2.02. The Labute approximate surface area is 150 Å². The first kappa shape index (κ1) is 14.2. The molecule has 4 atom stereocenters. The molecule has 2 fully saturated rings. The predicted molar refractivity (Wildman–Crippen MR) is 92.1 cm³/mol. The van der Waals surface area contributed by atoms with Crippen molar-refractivity contribution in [3.63, 3.8) is 0 Å². The standard InChI is InChI=1S/C17H19ClN6O/c18-10-2-1-3-11-12(10)15-19-6-7-23(15)17-13(20-8-24(11)17)14-21-16(25-22-14)9-4-5-9/h6-12,15,19H,1-5H2. The summed E-state index contributed by atoms with van der Waals surface area (Å²) >= 11 is 6.72. The highest BCUT2D eigenvalue weighted by Gasteiger charge is 2.48. The molecular formula is C17H19ClN6O. The summed E-state index contributed by atoms with van der Waals surface area (Å²) in [6, 6.07) is 0.357. The lowest BCUT2D eigenvalue weighted by Crippen LogP contribution is -2.54. The molecule has 2 aliphatic heterocycles. The number of hydrogen-bond donors (Lipinski definition) is 1. The van der Waals surface area contributed by atoms with Gasteiger partial charge in [0.15, 0.2) is 5.69 Å². The summed E-state index contributed by atoms with van der Waals surface area (Å²) in [4.78, 5) is 11.5. The highest BCUT2D eigenvalue weighted by molar-refractivity contribution is 6.21. The lowest BCUT2D eigenvalue weighted by Gasteiger charge is -2.47. The number of anilines is 1. The van der Waals surface area contributed by atoms with Crippen molar-refractivity contribution >= 4 is 17.4 Å². The van der Waals surface area contributed by atoms with E-state index < -0.39 is 0 Å². The zero-order valence-corrected chi connectivity index (χ0v) is 14.4. The molecule has 0 saturated heterocycles. The van der Waals surface area contributed by atoms with Crippen molar-refractivity contribution in [3.05, 3.63) is 24.6 Å². The fourth-order valence-electron chi connectivity index (χ4n) is 4.61. The van der Waals surface area contributed by atoms with E-state index in [4.69, 9.17) is 16.1 Å². The highest BCUT2D eigenvalue weighted by Crippen LogP contribution is 2.49. The topological polar surface area (TPSA) is 72.0 Å². The molecule has 4 unspecified atom stereocenters. The first-order valence-corrected chi connectivity index (χ1v) is 9.51. The van der Waals surface area contributed by atoms with Crippen LogP contribution in [0.3, 0.4) is 0 Å². The SMILES string of the molecule is ClC1CCCC2C1C1NC=CN1c1c(-c3noc(C4CC4)n3)ncn12. The van der Waals surface area contributed by atoms with Crippen LogP contribution in [0.5, 0.6) is 0 Å². The van der Waals surface area contributed by atoms with Gasteiger partial charge in [-0.25, -0.2) is 4.98 Å². The Balaban J connectivity index is 1.48. The van der Waals surface area contributed by atoms with Crippen LogP contribution in [0.25, 0.3) is 11.5 Å². The largest absolute Gasteiger partial charge is 0.369 e. The minimum Gasteiger partial charge on any atom is -0.369 e. The lowest BCUT2D eigenvalue weighted by atomic mass is 9.80. The summed E-state index contributed by atoms with van der Waals surface area (Å²) in [5.74, 6) is 3.18. The van der Waals surface area contributed by atoms with Gasteiger partial charge in [-0.2, -0.15) is 4.98 Å². The third kappa shape index (κ3) is 1.96. The fraction of sp³-hybridized carbons (Fsp3) is 0.588. The minimum absolute atomic E-state index is 0.171. The van der Waals surface area contributed by atoms with Crippen LogP contribution < -0.4 is 10.2 Å². The zero-order valence-electron chi connectivity index (χ0n) is 13.7. The maximum Gasteiger partial charge on any atom is 0.230 e. The molecule has 0 radical (unpaired) electrons. The van der Waals surface area contributed by atoms with Crippen molar-refractivity contribution in [1.29, 1.82) is 0 Å². The molecule has 2 aromatic heterocycles.